The maximum absolute atomic E-state index is 12.9. The van der Waals surface area contributed by atoms with Gasteiger partial charge in [0.2, 0.25) is 11.8 Å². The molecule has 2 aliphatic rings. The first-order chi connectivity index (χ1) is 14.1. The van der Waals surface area contributed by atoms with Crippen LogP contribution in [-0.4, -0.2) is 62.0 Å². The monoisotopic (exact) mass is 401 g/mol. The standard InChI is InChI=1S/C22H31N3O4/c1-29-15-5-12-23-21(27)19(24-20(26)17-6-3-2-4-7-17)16-10-13-25(14-11-16)22(28)18-8-9-18/h2-4,6-7,16,18-19H,5,8-15H2,1H3,(H,23,27)(H,24,26)/t19-/m1/s1. The summed E-state index contributed by atoms with van der Waals surface area (Å²) in [4.78, 5) is 39.8. The third-order valence-electron chi connectivity index (χ3n) is 5.68. The van der Waals surface area contributed by atoms with Crippen molar-refractivity contribution in [3.05, 3.63) is 35.9 Å². The van der Waals surface area contributed by atoms with Crippen molar-refractivity contribution >= 4 is 17.7 Å². The van der Waals surface area contributed by atoms with E-state index in [0.717, 1.165) is 19.3 Å². The highest BCUT2D eigenvalue weighted by Gasteiger charge is 2.38. The zero-order valence-electron chi connectivity index (χ0n) is 17.1. The normalized spacial score (nSPS) is 18.2. The molecule has 3 rings (SSSR count). The first kappa shape index (κ1) is 21.3. The van der Waals surface area contributed by atoms with Crippen molar-refractivity contribution in [1.29, 1.82) is 0 Å². The predicted molar refractivity (Wildman–Crippen MR) is 109 cm³/mol. The van der Waals surface area contributed by atoms with Gasteiger partial charge < -0.3 is 20.3 Å². The van der Waals surface area contributed by atoms with Crippen LogP contribution in [0.25, 0.3) is 0 Å². The van der Waals surface area contributed by atoms with E-state index in [1.54, 1.807) is 31.4 Å². The molecular weight excluding hydrogens is 370 g/mol. The molecular formula is C22H31N3O4. The summed E-state index contributed by atoms with van der Waals surface area (Å²) < 4.78 is 5.02. The van der Waals surface area contributed by atoms with Gasteiger partial charge in [-0.3, -0.25) is 14.4 Å². The Morgan fingerprint density at radius 1 is 1.10 bits per heavy atom. The van der Waals surface area contributed by atoms with Crippen LogP contribution in [0.5, 0.6) is 0 Å². The summed E-state index contributed by atoms with van der Waals surface area (Å²) in [5, 5.41) is 5.86. The highest BCUT2D eigenvalue weighted by Crippen LogP contribution is 2.33. The molecule has 29 heavy (non-hydrogen) atoms. The molecule has 1 saturated carbocycles. The number of carbonyl (C=O) groups excluding carboxylic acids is 3. The highest BCUT2D eigenvalue weighted by molar-refractivity contribution is 5.97. The Bertz CT molecular complexity index is 697. The molecule has 7 heteroatoms. The number of rotatable bonds is 9. The van der Waals surface area contributed by atoms with Crippen molar-refractivity contribution < 1.29 is 19.1 Å². The van der Waals surface area contributed by atoms with Crippen LogP contribution in [0.4, 0.5) is 0 Å². The van der Waals surface area contributed by atoms with E-state index >= 15 is 0 Å². The molecule has 0 bridgehead atoms. The third-order valence-corrected chi connectivity index (χ3v) is 5.68. The third kappa shape index (κ3) is 6.03. The van der Waals surface area contributed by atoms with Crippen molar-refractivity contribution in [2.24, 2.45) is 11.8 Å². The Labute approximate surface area is 172 Å². The lowest BCUT2D eigenvalue weighted by atomic mass is 9.88. The van der Waals surface area contributed by atoms with Gasteiger partial charge in [0.1, 0.15) is 6.04 Å². The summed E-state index contributed by atoms with van der Waals surface area (Å²) in [7, 11) is 1.63. The molecule has 1 atom stereocenters. The predicted octanol–water partition coefficient (Wildman–Crippen LogP) is 1.59. The zero-order valence-corrected chi connectivity index (χ0v) is 17.1. The van der Waals surface area contributed by atoms with E-state index in [1.807, 2.05) is 11.0 Å². The second-order valence-corrected chi connectivity index (χ2v) is 7.89. The fraction of sp³-hybridized carbons (Fsp3) is 0.591. The van der Waals surface area contributed by atoms with Gasteiger partial charge in [-0.2, -0.15) is 0 Å². The number of piperidine rings is 1. The van der Waals surface area contributed by atoms with Gasteiger partial charge in [-0.1, -0.05) is 18.2 Å². The van der Waals surface area contributed by atoms with Gasteiger partial charge in [-0.15, -0.1) is 0 Å². The molecule has 1 aromatic rings. The number of carbonyl (C=O) groups is 3. The van der Waals surface area contributed by atoms with Crippen molar-refractivity contribution in [1.82, 2.24) is 15.5 Å². The summed E-state index contributed by atoms with van der Waals surface area (Å²) in [6.07, 6.45) is 4.14. The highest BCUT2D eigenvalue weighted by atomic mass is 16.5. The molecule has 1 aromatic carbocycles. The number of likely N-dealkylation sites (tertiary alicyclic amines) is 1. The lowest BCUT2D eigenvalue weighted by Gasteiger charge is -2.36. The number of methoxy groups -OCH3 is 1. The Kier molecular flexibility index (Phi) is 7.63. The Morgan fingerprint density at radius 2 is 1.79 bits per heavy atom. The van der Waals surface area contributed by atoms with E-state index in [4.69, 9.17) is 4.74 Å². The summed E-state index contributed by atoms with van der Waals surface area (Å²) in [6, 6.07) is 8.32. The Morgan fingerprint density at radius 3 is 2.41 bits per heavy atom. The number of amides is 3. The van der Waals surface area contributed by atoms with Gasteiger partial charge in [0, 0.05) is 44.8 Å². The van der Waals surface area contributed by atoms with Gasteiger partial charge in [-0.25, -0.2) is 0 Å². The van der Waals surface area contributed by atoms with Gasteiger partial charge >= 0.3 is 0 Å². The molecule has 1 aliphatic heterocycles. The van der Waals surface area contributed by atoms with Crippen molar-refractivity contribution in [3.63, 3.8) is 0 Å². The van der Waals surface area contributed by atoms with Crippen LogP contribution in [0.1, 0.15) is 42.5 Å². The molecule has 1 heterocycles. The van der Waals surface area contributed by atoms with Crippen LogP contribution in [-0.2, 0) is 14.3 Å². The number of nitrogens with one attached hydrogen (secondary N) is 2. The summed E-state index contributed by atoms with van der Waals surface area (Å²) >= 11 is 0. The minimum atomic E-state index is -0.608. The Hall–Kier alpha value is -2.41. The number of hydrogen-bond acceptors (Lipinski definition) is 4. The first-order valence-corrected chi connectivity index (χ1v) is 10.5. The quantitative estimate of drug-likeness (QED) is 0.615. The van der Waals surface area contributed by atoms with Crippen molar-refractivity contribution in [2.75, 3.05) is 33.4 Å². The number of benzene rings is 1. The molecule has 1 saturated heterocycles. The van der Waals surface area contributed by atoms with Crippen LogP contribution in [0.15, 0.2) is 30.3 Å². The first-order valence-electron chi connectivity index (χ1n) is 10.5. The molecule has 0 aromatic heterocycles. The largest absolute Gasteiger partial charge is 0.385 e. The minimum absolute atomic E-state index is 0.00772. The van der Waals surface area contributed by atoms with Gasteiger partial charge in [0.15, 0.2) is 0 Å². The molecule has 2 N–H and O–H groups in total. The summed E-state index contributed by atoms with van der Waals surface area (Å²) in [5.74, 6) is 0.0476. The number of ether oxygens (including phenoxy) is 1. The van der Waals surface area contributed by atoms with Crippen molar-refractivity contribution in [2.45, 2.75) is 38.1 Å². The van der Waals surface area contributed by atoms with E-state index in [1.165, 1.54) is 0 Å². The van der Waals surface area contributed by atoms with Crippen LogP contribution < -0.4 is 10.6 Å². The SMILES string of the molecule is COCCCNC(=O)[C@H](NC(=O)c1ccccc1)C1CCN(C(=O)C2CC2)CC1. The van der Waals surface area contributed by atoms with Crippen LogP contribution >= 0.6 is 0 Å². The van der Waals surface area contributed by atoms with Gasteiger partial charge in [-0.05, 0) is 50.2 Å². The molecule has 158 valence electrons. The number of nitrogens with zero attached hydrogens (tertiary/aromatic N) is 1. The second-order valence-electron chi connectivity index (χ2n) is 7.89. The van der Waals surface area contributed by atoms with Crippen LogP contribution in [0.3, 0.4) is 0 Å². The summed E-state index contributed by atoms with van der Waals surface area (Å²) in [6.45, 7) is 2.37. The zero-order chi connectivity index (χ0) is 20.6. The maximum Gasteiger partial charge on any atom is 0.251 e. The minimum Gasteiger partial charge on any atom is -0.385 e. The van der Waals surface area contributed by atoms with Crippen LogP contribution in [0, 0.1) is 11.8 Å². The van der Waals surface area contributed by atoms with E-state index in [-0.39, 0.29) is 29.6 Å². The smallest absolute Gasteiger partial charge is 0.251 e. The average molecular weight is 402 g/mol. The average Bonchev–Trinajstić information content (AvgIpc) is 3.60. The van der Waals surface area contributed by atoms with E-state index in [9.17, 15) is 14.4 Å². The fourth-order valence-corrected chi connectivity index (χ4v) is 3.79. The Balaban J connectivity index is 1.61. The number of hydrogen-bond donors (Lipinski definition) is 2. The molecule has 7 nitrogen and oxygen atoms in total. The fourth-order valence-electron chi connectivity index (χ4n) is 3.79. The molecule has 0 unspecified atom stereocenters. The molecule has 0 radical (unpaired) electrons. The molecule has 3 amide bonds. The van der Waals surface area contributed by atoms with Crippen molar-refractivity contribution in [3.8, 4) is 0 Å². The van der Waals surface area contributed by atoms with E-state index < -0.39 is 6.04 Å². The second kappa shape index (κ2) is 10.4. The molecule has 2 fully saturated rings. The van der Waals surface area contributed by atoms with Gasteiger partial charge in [0.25, 0.3) is 5.91 Å². The van der Waals surface area contributed by atoms with E-state index in [0.29, 0.717) is 44.6 Å². The van der Waals surface area contributed by atoms with E-state index in [2.05, 4.69) is 10.6 Å². The topological polar surface area (TPSA) is 87.7 Å². The lowest BCUT2D eigenvalue weighted by Crippen LogP contribution is -2.54. The summed E-state index contributed by atoms with van der Waals surface area (Å²) in [5.41, 5.74) is 0.533. The molecule has 1 aliphatic carbocycles. The van der Waals surface area contributed by atoms with Crippen LogP contribution in [0.2, 0.25) is 0 Å². The maximum atomic E-state index is 12.9. The molecule has 0 spiro atoms. The van der Waals surface area contributed by atoms with Gasteiger partial charge in [0.05, 0.1) is 0 Å². The lowest BCUT2D eigenvalue weighted by molar-refractivity contribution is -0.134.